The van der Waals surface area contributed by atoms with Gasteiger partial charge < -0.3 is 10.5 Å². The number of nitrogen functional groups attached to an aromatic ring is 1. The van der Waals surface area contributed by atoms with Crippen LogP contribution >= 0.6 is 15.9 Å². The number of anilines is 1. The van der Waals surface area contributed by atoms with Gasteiger partial charge >= 0.3 is 6.18 Å². The molecule has 3 nitrogen and oxygen atoms in total. The van der Waals surface area contributed by atoms with Crippen molar-refractivity contribution < 1.29 is 17.9 Å². The number of alkyl halides is 3. The van der Waals surface area contributed by atoms with Gasteiger partial charge in [-0.1, -0.05) is 15.9 Å². The summed E-state index contributed by atoms with van der Waals surface area (Å²) in [6.45, 7) is 0.934. The molecular formula is C12H10BrF3N2O. The van der Waals surface area contributed by atoms with E-state index < -0.39 is 12.3 Å². The Hall–Kier alpha value is -1.50. The lowest BCUT2D eigenvalue weighted by Crippen LogP contribution is -2.31. The summed E-state index contributed by atoms with van der Waals surface area (Å²) >= 11 is 3.25. The highest BCUT2D eigenvalue weighted by Gasteiger charge is 2.38. The molecule has 0 saturated carbocycles. The quantitative estimate of drug-likeness (QED) is 0.905. The van der Waals surface area contributed by atoms with E-state index in [1.165, 1.54) is 6.20 Å². The standard InChI is InChI=1S/C12H10BrF3N2O/c1-6(12(14,15)16)19-11-8-4-7(13)2-3-10(8)18-5-9(11)17/h2-6H,17H2,1H3. The summed E-state index contributed by atoms with van der Waals surface area (Å²) in [6, 6.07) is 5.03. The highest BCUT2D eigenvalue weighted by Crippen LogP contribution is 2.35. The molecule has 0 radical (unpaired) electrons. The third-order valence-corrected chi connectivity index (χ3v) is 3.06. The van der Waals surface area contributed by atoms with Gasteiger partial charge in [-0.25, -0.2) is 0 Å². The lowest BCUT2D eigenvalue weighted by molar-refractivity contribution is -0.188. The van der Waals surface area contributed by atoms with Gasteiger partial charge in [0.2, 0.25) is 0 Å². The number of benzene rings is 1. The molecule has 2 N–H and O–H groups in total. The molecule has 1 aromatic heterocycles. The zero-order valence-electron chi connectivity index (χ0n) is 9.83. The van der Waals surface area contributed by atoms with Crippen molar-refractivity contribution in [1.29, 1.82) is 0 Å². The van der Waals surface area contributed by atoms with Gasteiger partial charge in [0.1, 0.15) is 0 Å². The summed E-state index contributed by atoms with van der Waals surface area (Å²) in [7, 11) is 0. The fourth-order valence-corrected chi connectivity index (χ4v) is 1.89. The van der Waals surface area contributed by atoms with Crippen LogP contribution in [0.2, 0.25) is 0 Å². The first-order valence-electron chi connectivity index (χ1n) is 5.36. The van der Waals surface area contributed by atoms with E-state index in [0.29, 0.717) is 15.4 Å². The molecule has 1 unspecified atom stereocenters. The smallest absolute Gasteiger partial charge is 0.425 e. The zero-order chi connectivity index (χ0) is 14.2. The molecule has 0 aliphatic heterocycles. The minimum Gasteiger partial charge on any atom is -0.478 e. The topological polar surface area (TPSA) is 48.1 Å². The number of ether oxygens (including phenoxy) is 1. The highest BCUT2D eigenvalue weighted by atomic mass is 79.9. The third kappa shape index (κ3) is 2.91. The Morgan fingerprint density at radius 1 is 1.37 bits per heavy atom. The molecule has 19 heavy (non-hydrogen) atoms. The van der Waals surface area contributed by atoms with Gasteiger partial charge in [0.05, 0.1) is 17.4 Å². The predicted octanol–water partition coefficient (Wildman–Crippen LogP) is 3.91. The number of aromatic nitrogens is 1. The Labute approximate surface area is 115 Å². The average molecular weight is 335 g/mol. The second kappa shape index (κ2) is 4.88. The molecular weight excluding hydrogens is 325 g/mol. The van der Waals surface area contributed by atoms with Gasteiger partial charge in [0.15, 0.2) is 11.9 Å². The Morgan fingerprint density at radius 3 is 2.68 bits per heavy atom. The van der Waals surface area contributed by atoms with Crippen molar-refractivity contribution in [3.8, 4) is 5.75 Å². The first kappa shape index (κ1) is 13.9. The van der Waals surface area contributed by atoms with E-state index >= 15 is 0 Å². The van der Waals surface area contributed by atoms with Gasteiger partial charge in [-0.3, -0.25) is 4.98 Å². The summed E-state index contributed by atoms with van der Waals surface area (Å²) in [5.74, 6) is -0.00359. The van der Waals surface area contributed by atoms with Crippen LogP contribution in [0, 0.1) is 0 Å². The summed E-state index contributed by atoms with van der Waals surface area (Å²) < 4.78 is 43.3. The van der Waals surface area contributed by atoms with Crippen molar-refractivity contribution in [3.05, 3.63) is 28.9 Å². The molecule has 0 aliphatic rings. The molecule has 0 saturated heterocycles. The van der Waals surface area contributed by atoms with Crippen LogP contribution < -0.4 is 10.5 Å². The van der Waals surface area contributed by atoms with Gasteiger partial charge in [-0.2, -0.15) is 13.2 Å². The molecule has 102 valence electrons. The molecule has 0 aliphatic carbocycles. The third-order valence-electron chi connectivity index (χ3n) is 2.56. The lowest BCUT2D eigenvalue weighted by Gasteiger charge is -2.19. The number of hydrogen-bond acceptors (Lipinski definition) is 3. The number of halogens is 4. The number of hydrogen-bond donors (Lipinski definition) is 1. The van der Waals surface area contributed by atoms with Crippen molar-refractivity contribution in [2.24, 2.45) is 0 Å². The van der Waals surface area contributed by atoms with E-state index in [0.717, 1.165) is 6.92 Å². The average Bonchev–Trinajstić information content (AvgIpc) is 2.31. The van der Waals surface area contributed by atoms with Crippen LogP contribution in [0.15, 0.2) is 28.9 Å². The minimum atomic E-state index is -4.45. The van der Waals surface area contributed by atoms with E-state index in [-0.39, 0.29) is 11.4 Å². The van der Waals surface area contributed by atoms with Crippen LogP contribution in [-0.2, 0) is 0 Å². The molecule has 0 bridgehead atoms. The highest BCUT2D eigenvalue weighted by molar-refractivity contribution is 9.10. The normalized spacial score (nSPS) is 13.5. The van der Waals surface area contributed by atoms with Crippen molar-refractivity contribution >= 4 is 32.5 Å². The van der Waals surface area contributed by atoms with E-state index in [1.54, 1.807) is 18.2 Å². The number of nitrogens with two attached hydrogens (primary N) is 1. The Bertz CT molecular complexity index is 610. The van der Waals surface area contributed by atoms with Gasteiger partial charge in [0, 0.05) is 9.86 Å². The Morgan fingerprint density at radius 2 is 2.05 bits per heavy atom. The summed E-state index contributed by atoms with van der Waals surface area (Å²) in [4.78, 5) is 4.04. The van der Waals surface area contributed by atoms with Crippen LogP contribution in [-0.4, -0.2) is 17.3 Å². The molecule has 7 heteroatoms. The van der Waals surface area contributed by atoms with Crippen molar-refractivity contribution in [3.63, 3.8) is 0 Å². The van der Waals surface area contributed by atoms with Crippen LogP contribution in [0.3, 0.4) is 0 Å². The number of pyridine rings is 1. The SMILES string of the molecule is CC(Oc1c(N)cnc2ccc(Br)cc12)C(F)(F)F. The maximum atomic E-state index is 12.6. The van der Waals surface area contributed by atoms with Crippen molar-refractivity contribution in [2.45, 2.75) is 19.2 Å². The molecule has 1 aromatic carbocycles. The zero-order valence-corrected chi connectivity index (χ0v) is 11.4. The van der Waals surface area contributed by atoms with Crippen LogP contribution in [0.4, 0.5) is 18.9 Å². The minimum absolute atomic E-state index is 0.00359. The van der Waals surface area contributed by atoms with Crippen LogP contribution in [0.5, 0.6) is 5.75 Å². The molecule has 1 atom stereocenters. The van der Waals surface area contributed by atoms with Gasteiger partial charge in [-0.05, 0) is 25.1 Å². The fourth-order valence-electron chi connectivity index (χ4n) is 1.53. The van der Waals surface area contributed by atoms with Crippen LogP contribution in [0.25, 0.3) is 10.9 Å². The Balaban J connectivity index is 2.52. The molecule has 2 aromatic rings. The first-order valence-corrected chi connectivity index (χ1v) is 6.15. The summed E-state index contributed by atoms with van der Waals surface area (Å²) in [6.07, 6.45) is -5.11. The van der Waals surface area contributed by atoms with E-state index in [1.807, 2.05) is 0 Å². The predicted molar refractivity (Wildman–Crippen MR) is 70.0 cm³/mol. The lowest BCUT2D eigenvalue weighted by atomic mass is 10.2. The monoisotopic (exact) mass is 334 g/mol. The number of rotatable bonds is 2. The largest absolute Gasteiger partial charge is 0.478 e. The second-order valence-electron chi connectivity index (χ2n) is 4.01. The summed E-state index contributed by atoms with van der Waals surface area (Å²) in [5, 5.41) is 0.436. The Kier molecular flexibility index (Phi) is 3.58. The molecule has 2 rings (SSSR count). The molecule has 1 heterocycles. The maximum absolute atomic E-state index is 12.6. The first-order chi connectivity index (χ1) is 8.79. The summed E-state index contributed by atoms with van der Waals surface area (Å²) in [5.41, 5.74) is 6.24. The molecule has 0 fully saturated rings. The van der Waals surface area contributed by atoms with E-state index in [2.05, 4.69) is 20.9 Å². The van der Waals surface area contributed by atoms with E-state index in [4.69, 9.17) is 10.5 Å². The molecule has 0 spiro atoms. The van der Waals surface area contributed by atoms with Gasteiger partial charge in [-0.15, -0.1) is 0 Å². The van der Waals surface area contributed by atoms with Crippen molar-refractivity contribution in [1.82, 2.24) is 4.98 Å². The van der Waals surface area contributed by atoms with Crippen molar-refractivity contribution in [2.75, 3.05) is 5.73 Å². The van der Waals surface area contributed by atoms with Gasteiger partial charge in [0.25, 0.3) is 0 Å². The number of nitrogens with zero attached hydrogens (tertiary/aromatic N) is 1. The molecule has 0 amide bonds. The van der Waals surface area contributed by atoms with Crippen LogP contribution in [0.1, 0.15) is 6.92 Å². The van der Waals surface area contributed by atoms with E-state index in [9.17, 15) is 13.2 Å². The maximum Gasteiger partial charge on any atom is 0.425 e. The fraction of sp³-hybridized carbons (Fsp3) is 0.250. The number of fused-ring (bicyclic) bond motifs is 1. The second-order valence-corrected chi connectivity index (χ2v) is 4.92.